The van der Waals surface area contributed by atoms with Crippen LogP contribution in [0.25, 0.3) is 0 Å². The predicted octanol–water partition coefficient (Wildman–Crippen LogP) is 1.33. The summed E-state index contributed by atoms with van der Waals surface area (Å²) in [6, 6.07) is 7.15. The van der Waals surface area contributed by atoms with E-state index >= 15 is 0 Å². The van der Waals surface area contributed by atoms with E-state index in [9.17, 15) is 14.2 Å². The molecule has 1 unspecified atom stereocenters. The highest BCUT2D eigenvalue weighted by Gasteiger charge is 2.18. The number of thioether (sulfide) groups is 1. The zero-order chi connectivity index (χ0) is 20.6. The maximum Gasteiger partial charge on any atom is 0.220 e. The number of carbonyl (C=O) groups is 1. The van der Waals surface area contributed by atoms with Crippen LogP contribution < -0.4 is 10.5 Å². The Morgan fingerprint density at radius 2 is 2.25 bits per heavy atom. The van der Waals surface area contributed by atoms with Gasteiger partial charge in [0.1, 0.15) is 5.71 Å². The molecule has 0 bridgehead atoms. The Balaban J connectivity index is 1.88. The highest BCUT2D eigenvalue weighted by atomic mass is 35.5. The van der Waals surface area contributed by atoms with Crippen molar-refractivity contribution in [1.29, 1.82) is 0 Å². The first-order valence-corrected chi connectivity index (χ1v) is 11.4. The fraction of sp³-hybridized carbons (Fsp3) is 0.312. The van der Waals surface area contributed by atoms with E-state index in [4.69, 9.17) is 21.4 Å². The summed E-state index contributed by atoms with van der Waals surface area (Å²) in [7, 11) is -2.67. The second-order valence-corrected chi connectivity index (χ2v) is 9.46. The molecule has 0 saturated carbocycles. The van der Waals surface area contributed by atoms with Crippen LogP contribution in [0.15, 0.2) is 39.1 Å². The first-order chi connectivity index (χ1) is 13.3. The maximum atomic E-state index is 11.7. The number of carbonyl (C=O) groups excluding carboxylic acids is 1. The number of aromatic nitrogens is 2. The summed E-state index contributed by atoms with van der Waals surface area (Å²) in [5.41, 5.74) is 1.44. The summed E-state index contributed by atoms with van der Waals surface area (Å²) < 4.78 is 16.0. The van der Waals surface area contributed by atoms with Gasteiger partial charge in [-0.15, -0.1) is 0 Å². The van der Waals surface area contributed by atoms with Crippen molar-refractivity contribution in [3.05, 3.63) is 40.5 Å². The number of amides is 1. The predicted molar refractivity (Wildman–Crippen MR) is 110 cm³/mol. The maximum absolute atomic E-state index is 11.7. The lowest BCUT2D eigenvalue weighted by atomic mass is 10.1. The average molecular weight is 446 g/mol. The van der Waals surface area contributed by atoms with Crippen LogP contribution in [-0.2, 0) is 20.9 Å². The molecule has 2 rings (SSSR count). The van der Waals surface area contributed by atoms with Gasteiger partial charge in [-0.2, -0.15) is 0 Å². The SMILES string of the molecule is C=S(N)(=O)CCC(=O)NCCSc1nonc1C(Cc1cccc(Cl)c1)=NO. The minimum atomic E-state index is -2.67. The Hall–Kier alpha value is -2.08. The van der Waals surface area contributed by atoms with Crippen LogP contribution in [0, 0.1) is 0 Å². The van der Waals surface area contributed by atoms with Crippen molar-refractivity contribution >= 4 is 50.6 Å². The molecule has 12 heteroatoms. The normalized spacial score (nSPS) is 13.9. The van der Waals surface area contributed by atoms with E-state index in [2.05, 4.69) is 26.7 Å². The van der Waals surface area contributed by atoms with Crippen molar-refractivity contribution in [2.45, 2.75) is 17.9 Å². The molecule has 1 amide bonds. The second-order valence-electron chi connectivity index (χ2n) is 5.79. The van der Waals surface area contributed by atoms with Crippen molar-refractivity contribution in [1.82, 2.24) is 15.6 Å². The fourth-order valence-corrected chi connectivity index (χ4v) is 3.67. The lowest BCUT2D eigenvalue weighted by molar-refractivity contribution is -0.120. The number of oxime groups is 1. The Morgan fingerprint density at radius 1 is 1.46 bits per heavy atom. The number of hydrogen-bond donors (Lipinski definition) is 3. The molecule has 152 valence electrons. The number of nitrogens with one attached hydrogen (secondary N) is 1. The molecule has 1 heterocycles. The molecule has 0 aliphatic heterocycles. The van der Waals surface area contributed by atoms with Crippen LogP contribution in [0.2, 0.25) is 5.02 Å². The van der Waals surface area contributed by atoms with Gasteiger partial charge >= 0.3 is 0 Å². The molecular weight excluding hydrogens is 426 g/mol. The summed E-state index contributed by atoms with van der Waals surface area (Å²) in [4.78, 5) is 11.7. The Bertz CT molecular complexity index is 946. The number of nitrogens with zero attached hydrogens (tertiary/aromatic N) is 3. The first-order valence-electron chi connectivity index (χ1n) is 8.09. The van der Waals surface area contributed by atoms with E-state index in [-0.39, 0.29) is 23.8 Å². The van der Waals surface area contributed by atoms with Gasteiger partial charge in [0.15, 0.2) is 10.7 Å². The van der Waals surface area contributed by atoms with Crippen molar-refractivity contribution in [2.24, 2.45) is 10.3 Å². The average Bonchev–Trinajstić information content (AvgIpc) is 3.09. The van der Waals surface area contributed by atoms with E-state index in [1.165, 1.54) is 11.8 Å². The number of rotatable bonds is 10. The summed E-state index contributed by atoms with van der Waals surface area (Å²) in [6.07, 6.45) is 0.334. The summed E-state index contributed by atoms with van der Waals surface area (Å²) in [6.45, 7) is 0.346. The Labute approximate surface area is 171 Å². The van der Waals surface area contributed by atoms with Crippen molar-refractivity contribution in [3.8, 4) is 0 Å². The van der Waals surface area contributed by atoms with Gasteiger partial charge in [0.2, 0.25) is 5.91 Å². The van der Waals surface area contributed by atoms with Gasteiger partial charge < -0.3 is 10.5 Å². The molecule has 1 atom stereocenters. The molecule has 9 nitrogen and oxygen atoms in total. The van der Waals surface area contributed by atoms with Crippen LogP contribution in [0.4, 0.5) is 0 Å². The van der Waals surface area contributed by atoms with E-state index in [1.54, 1.807) is 18.2 Å². The summed E-state index contributed by atoms with van der Waals surface area (Å²) in [5, 5.41) is 29.3. The van der Waals surface area contributed by atoms with Crippen LogP contribution in [-0.4, -0.2) is 55.3 Å². The third-order valence-corrected chi connectivity index (χ3v) is 5.53. The van der Waals surface area contributed by atoms with E-state index in [0.717, 1.165) is 5.56 Å². The monoisotopic (exact) mass is 445 g/mol. The molecule has 1 aromatic heterocycles. The minimum absolute atomic E-state index is 0.0309. The largest absolute Gasteiger partial charge is 0.411 e. The standard InChI is InChI=1S/C16H20ClN5O4S2/c1-28(18,25)8-5-14(23)19-6-7-27-16-15(21-26-22-16)13(20-24)10-11-3-2-4-12(17)9-11/h2-4,9,24H,1,5-8,10H2,(H2,18,25)(H,19,23). The highest BCUT2D eigenvalue weighted by molar-refractivity contribution is 7.99. The fourth-order valence-electron chi connectivity index (χ4n) is 2.15. The lowest BCUT2D eigenvalue weighted by Gasteiger charge is -2.06. The van der Waals surface area contributed by atoms with Crippen molar-refractivity contribution in [3.63, 3.8) is 0 Å². The third-order valence-electron chi connectivity index (χ3n) is 3.45. The van der Waals surface area contributed by atoms with E-state index < -0.39 is 9.71 Å². The summed E-state index contributed by atoms with van der Waals surface area (Å²) in [5.74, 6) is 3.54. The van der Waals surface area contributed by atoms with Gasteiger partial charge in [0, 0.05) is 45.6 Å². The minimum Gasteiger partial charge on any atom is -0.411 e. The zero-order valence-corrected chi connectivity index (χ0v) is 17.2. The molecule has 2 aromatic rings. The zero-order valence-electron chi connectivity index (χ0n) is 14.8. The smallest absolute Gasteiger partial charge is 0.220 e. The molecule has 0 aliphatic rings. The molecule has 0 spiro atoms. The van der Waals surface area contributed by atoms with Gasteiger partial charge in [-0.05, 0) is 33.9 Å². The lowest BCUT2D eigenvalue weighted by Crippen LogP contribution is -2.29. The van der Waals surface area contributed by atoms with Crippen LogP contribution in [0.3, 0.4) is 0 Å². The second kappa shape index (κ2) is 10.5. The van der Waals surface area contributed by atoms with Crippen LogP contribution in [0.5, 0.6) is 0 Å². The molecule has 0 fully saturated rings. The molecule has 0 saturated heterocycles. The van der Waals surface area contributed by atoms with Gasteiger partial charge in [0.25, 0.3) is 0 Å². The Kier molecular flexibility index (Phi) is 8.30. The van der Waals surface area contributed by atoms with Gasteiger partial charge in [0.05, 0.1) is 0 Å². The molecule has 1 aromatic carbocycles. The van der Waals surface area contributed by atoms with Crippen molar-refractivity contribution < 1.29 is 18.8 Å². The molecular formula is C16H20ClN5O4S2. The van der Waals surface area contributed by atoms with Crippen LogP contribution in [0.1, 0.15) is 17.7 Å². The van der Waals surface area contributed by atoms with Gasteiger partial charge in [-0.1, -0.05) is 40.7 Å². The number of benzene rings is 1. The molecule has 0 radical (unpaired) electrons. The van der Waals surface area contributed by atoms with Crippen LogP contribution >= 0.6 is 23.4 Å². The number of hydrogen-bond acceptors (Lipinski definition) is 8. The summed E-state index contributed by atoms with van der Waals surface area (Å²) >= 11 is 7.25. The first kappa shape index (κ1) is 22.2. The molecule has 0 aliphatic carbocycles. The van der Waals surface area contributed by atoms with Crippen molar-refractivity contribution in [2.75, 3.05) is 18.1 Å². The molecule has 28 heavy (non-hydrogen) atoms. The Morgan fingerprint density at radius 3 is 2.93 bits per heavy atom. The van der Waals surface area contributed by atoms with Gasteiger partial charge in [-0.25, -0.2) is 4.63 Å². The highest BCUT2D eigenvalue weighted by Crippen LogP contribution is 2.21. The molecule has 4 N–H and O–H groups in total. The number of nitrogens with two attached hydrogens (primary N) is 1. The van der Waals surface area contributed by atoms with E-state index in [0.29, 0.717) is 34.5 Å². The third kappa shape index (κ3) is 7.50. The quantitative estimate of drug-likeness (QED) is 0.125. The van der Waals surface area contributed by atoms with Gasteiger partial charge in [-0.3, -0.25) is 14.1 Å². The van der Waals surface area contributed by atoms with E-state index in [1.807, 2.05) is 6.07 Å². The number of halogens is 1. The topological polar surface area (TPSA) is 144 Å².